The molecule has 0 aliphatic heterocycles. The molecule has 1 rings (SSSR count). The fraction of sp³-hybridized carbons (Fsp3) is 0.364. The maximum absolute atomic E-state index is 13.8. The number of hydrogen-bond acceptors (Lipinski definition) is 4. The third-order valence-corrected chi connectivity index (χ3v) is 4.85. The zero-order valence-electron chi connectivity index (χ0n) is 10.3. The highest BCUT2D eigenvalue weighted by Crippen LogP contribution is 2.26. The van der Waals surface area contributed by atoms with Crippen LogP contribution in [0.2, 0.25) is 0 Å². The number of sulfonamides is 1. The summed E-state index contributed by atoms with van der Waals surface area (Å²) in [6.07, 6.45) is -0.871. The second-order valence-corrected chi connectivity index (χ2v) is 6.88. The molecule has 19 heavy (non-hydrogen) atoms. The molecule has 0 radical (unpaired) electrons. The van der Waals surface area contributed by atoms with Gasteiger partial charge in [-0.15, -0.1) is 0 Å². The van der Waals surface area contributed by atoms with Crippen LogP contribution in [0, 0.1) is 17.1 Å². The van der Waals surface area contributed by atoms with Gasteiger partial charge in [-0.25, -0.2) is 12.8 Å². The molecule has 0 saturated carbocycles. The van der Waals surface area contributed by atoms with E-state index < -0.39 is 26.8 Å². The largest absolute Gasteiger partial charge is 0.392 e. The van der Waals surface area contributed by atoms with Crippen LogP contribution in [-0.4, -0.2) is 37.5 Å². The fourth-order valence-electron chi connectivity index (χ4n) is 1.45. The number of aliphatic hydroxyl groups excluding tert-OH is 1. The predicted molar refractivity (Wildman–Crippen MR) is 70.3 cm³/mol. The Hall–Kier alpha value is -1.01. The third kappa shape index (κ3) is 3.51. The summed E-state index contributed by atoms with van der Waals surface area (Å²) in [4.78, 5) is -0.540. The Labute approximate surface area is 119 Å². The van der Waals surface area contributed by atoms with E-state index in [1.54, 1.807) is 6.07 Å². The standard InChI is InChI=1S/C11H12BrFN2O3S/c1-7(16)6-15(2)19(17,18)11-4-9(12)8(5-14)3-10(11)13/h3-4,7,16H,6H2,1-2H3/t7-/m1/s1. The Morgan fingerprint density at radius 2 is 2.16 bits per heavy atom. The van der Waals surface area contributed by atoms with Crippen LogP contribution in [0.5, 0.6) is 0 Å². The van der Waals surface area contributed by atoms with Crippen LogP contribution in [0.1, 0.15) is 12.5 Å². The van der Waals surface area contributed by atoms with E-state index in [2.05, 4.69) is 15.9 Å². The normalized spacial score (nSPS) is 13.3. The number of nitrogens with zero attached hydrogens (tertiary/aromatic N) is 2. The van der Waals surface area contributed by atoms with Gasteiger partial charge in [0.05, 0.1) is 11.7 Å². The molecule has 0 aliphatic carbocycles. The van der Waals surface area contributed by atoms with E-state index in [-0.39, 0.29) is 16.6 Å². The van der Waals surface area contributed by atoms with Crippen molar-refractivity contribution in [1.82, 2.24) is 4.31 Å². The van der Waals surface area contributed by atoms with Crippen LogP contribution >= 0.6 is 15.9 Å². The van der Waals surface area contributed by atoms with Crippen molar-refractivity contribution in [2.24, 2.45) is 0 Å². The predicted octanol–water partition coefficient (Wildman–Crippen LogP) is 1.46. The fourth-order valence-corrected chi connectivity index (χ4v) is 3.35. The van der Waals surface area contributed by atoms with Gasteiger partial charge in [-0.3, -0.25) is 0 Å². The third-order valence-electron chi connectivity index (χ3n) is 2.35. The van der Waals surface area contributed by atoms with E-state index in [1.807, 2.05) is 0 Å². The first-order chi connectivity index (χ1) is 8.70. The SMILES string of the molecule is C[C@@H](O)CN(C)S(=O)(=O)c1cc(Br)c(C#N)cc1F. The summed E-state index contributed by atoms with van der Waals surface area (Å²) in [7, 11) is -2.81. The van der Waals surface area contributed by atoms with Crippen molar-refractivity contribution in [3.63, 3.8) is 0 Å². The minimum atomic E-state index is -4.05. The second-order valence-electron chi connectivity index (χ2n) is 4.01. The molecule has 1 aromatic carbocycles. The molecule has 0 bridgehead atoms. The number of nitriles is 1. The molecule has 8 heteroatoms. The van der Waals surface area contributed by atoms with Crippen LogP contribution in [0.25, 0.3) is 0 Å². The molecule has 0 amide bonds. The Bertz CT molecular complexity index is 626. The highest BCUT2D eigenvalue weighted by molar-refractivity contribution is 9.10. The van der Waals surface area contributed by atoms with Crippen molar-refractivity contribution in [3.8, 4) is 6.07 Å². The van der Waals surface area contributed by atoms with Crippen LogP contribution < -0.4 is 0 Å². The van der Waals surface area contributed by atoms with Crippen molar-refractivity contribution in [3.05, 3.63) is 28.0 Å². The van der Waals surface area contributed by atoms with E-state index in [1.165, 1.54) is 14.0 Å². The molecule has 0 aliphatic rings. The van der Waals surface area contributed by atoms with E-state index in [0.717, 1.165) is 16.4 Å². The van der Waals surface area contributed by atoms with Gasteiger partial charge in [0, 0.05) is 18.1 Å². The van der Waals surface area contributed by atoms with Crippen molar-refractivity contribution in [1.29, 1.82) is 5.26 Å². The van der Waals surface area contributed by atoms with Crippen LogP contribution in [-0.2, 0) is 10.0 Å². The number of halogens is 2. The zero-order valence-corrected chi connectivity index (χ0v) is 12.7. The minimum absolute atomic E-state index is 0.00892. The number of benzene rings is 1. The van der Waals surface area contributed by atoms with Crippen LogP contribution in [0.4, 0.5) is 4.39 Å². The molecule has 1 aromatic rings. The summed E-state index contributed by atoms with van der Waals surface area (Å²) in [5, 5.41) is 17.9. The van der Waals surface area contributed by atoms with Gasteiger partial charge in [-0.1, -0.05) is 0 Å². The van der Waals surface area contributed by atoms with Gasteiger partial charge in [0.15, 0.2) is 0 Å². The molecule has 1 N–H and O–H groups in total. The number of aliphatic hydroxyl groups is 1. The lowest BCUT2D eigenvalue weighted by Gasteiger charge is -2.19. The number of likely N-dealkylation sites (N-methyl/N-ethyl adjacent to an activating group) is 1. The lowest BCUT2D eigenvalue weighted by Crippen LogP contribution is -2.33. The van der Waals surface area contributed by atoms with Gasteiger partial charge in [0.1, 0.15) is 16.8 Å². The monoisotopic (exact) mass is 350 g/mol. The summed E-state index contributed by atoms with van der Waals surface area (Å²) in [6, 6.07) is 3.64. The van der Waals surface area contributed by atoms with Gasteiger partial charge < -0.3 is 5.11 Å². The Kier molecular flexibility index (Phi) is 5.04. The number of hydrogen-bond donors (Lipinski definition) is 1. The van der Waals surface area contributed by atoms with Crippen LogP contribution in [0.15, 0.2) is 21.5 Å². The molecule has 5 nitrogen and oxygen atoms in total. The summed E-state index contributed by atoms with van der Waals surface area (Å²) in [5.41, 5.74) is 0.00892. The molecular weight excluding hydrogens is 339 g/mol. The molecule has 0 aromatic heterocycles. The smallest absolute Gasteiger partial charge is 0.245 e. The van der Waals surface area contributed by atoms with Crippen molar-refractivity contribution < 1.29 is 17.9 Å². The van der Waals surface area contributed by atoms with Crippen molar-refractivity contribution in [2.45, 2.75) is 17.9 Å². The molecule has 0 fully saturated rings. The van der Waals surface area contributed by atoms with Crippen molar-refractivity contribution in [2.75, 3.05) is 13.6 Å². The van der Waals surface area contributed by atoms with Gasteiger partial charge >= 0.3 is 0 Å². The summed E-state index contributed by atoms with van der Waals surface area (Å²) >= 11 is 3.01. The summed E-state index contributed by atoms with van der Waals surface area (Å²) in [5.74, 6) is -1.00. The van der Waals surface area contributed by atoms with Crippen LogP contribution in [0.3, 0.4) is 0 Å². The quantitative estimate of drug-likeness (QED) is 0.891. The first-order valence-corrected chi connectivity index (χ1v) is 7.47. The molecule has 0 heterocycles. The van der Waals surface area contributed by atoms with Gasteiger partial charge in [0.2, 0.25) is 10.0 Å². The van der Waals surface area contributed by atoms with Gasteiger partial charge in [-0.2, -0.15) is 9.57 Å². The summed E-state index contributed by atoms with van der Waals surface area (Å²) in [6.45, 7) is 1.27. The molecule has 0 spiro atoms. The topological polar surface area (TPSA) is 81.4 Å². The maximum atomic E-state index is 13.8. The first-order valence-electron chi connectivity index (χ1n) is 5.23. The molecule has 104 valence electrons. The average Bonchev–Trinajstić information content (AvgIpc) is 2.30. The molecule has 0 unspecified atom stereocenters. The van der Waals surface area contributed by atoms with E-state index in [0.29, 0.717) is 0 Å². The van der Waals surface area contributed by atoms with Crippen molar-refractivity contribution >= 4 is 26.0 Å². The lowest BCUT2D eigenvalue weighted by molar-refractivity contribution is 0.171. The van der Waals surface area contributed by atoms with Gasteiger partial charge in [-0.05, 0) is 35.0 Å². The minimum Gasteiger partial charge on any atom is -0.392 e. The molecular formula is C11H12BrFN2O3S. The lowest BCUT2D eigenvalue weighted by atomic mass is 10.2. The highest BCUT2D eigenvalue weighted by atomic mass is 79.9. The Balaban J connectivity index is 3.31. The number of rotatable bonds is 4. The van der Waals surface area contributed by atoms with E-state index >= 15 is 0 Å². The second kappa shape index (κ2) is 5.96. The van der Waals surface area contributed by atoms with E-state index in [4.69, 9.17) is 5.26 Å². The first kappa shape index (κ1) is 16.0. The molecule has 0 saturated heterocycles. The van der Waals surface area contributed by atoms with E-state index in [9.17, 15) is 17.9 Å². The average molecular weight is 351 g/mol. The Morgan fingerprint density at radius 1 is 1.58 bits per heavy atom. The summed E-state index contributed by atoms with van der Waals surface area (Å²) < 4.78 is 39.0. The highest BCUT2D eigenvalue weighted by Gasteiger charge is 2.26. The van der Waals surface area contributed by atoms with Gasteiger partial charge in [0.25, 0.3) is 0 Å². The Morgan fingerprint density at radius 3 is 2.63 bits per heavy atom. The zero-order chi connectivity index (χ0) is 14.8. The maximum Gasteiger partial charge on any atom is 0.245 e. The molecule has 1 atom stereocenters.